The first-order valence-corrected chi connectivity index (χ1v) is 4.99. The van der Waals surface area contributed by atoms with Gasteiger partial charge in [0.1, 0.15) is 6.10 Å². The van der Waals surface area contributed by atoms with Gasteiger partial charge in [-0.25, -0.2) is 0 Å². The fraction of sp³-hybridized carbons (Fsp3) is 0.417. The minimum atomic E-state index is -0.743. The molecule has 1 aromatic rings. The zero-order valence-electron chi connectivity index (χ0n) is 8.28. The van der Waals surface area contributed by atoms with Crippen molar-refractivity contribution in [1.82, 2.24) is 0 Å². The number of benzene rings is 1. The Balaban J connectivity index is 2.23. The van der Waals surface area contributed by atoms with Crippen molar-refractivity contribution in [3.8, 4) is 0 Å². The van der Waals surface area contributed by atoms with E-state index in [1.807, 2.05) is 30.3 Å². The van der Waals surface area contributed by atoms with Gasteiger partial charge >= 0.3 is 0 Å². The van der Waals surface area contributed by atoms with Crippen LogP contribution in [-0.2, 0) is 4.74 Å². The molecule has 3 nitrogen and oxygen atoms in total. The Hall–Kier alpha value is -0.900. The lowest BCUT2D eigenvalue weighted by Gasteiger charge is -2.17. The number of ether oxygens (including phenoxy) is 1. The van der Waals surface area contributed by atoms with E-state index < -0.39 is 18.3 Å². The minimum Gasteiger partial charge on any atom is -0.394 e. The Kier molecular flexibility index (Phi) is 3.05. The van der Waals surface area contributed by atoms with E-state index in [9.17, 15) is 5.11 Å². The Bertz CT molecular complexity index is 312. The summed E-state index contributed by atoms with van der Waals surface area (Å²) in [5, 5.41) is 18.9. The molecule has 15 heavy (non-hydrogen) atoms. The van der Waals surface area contributed by atoms with Crippen LogP contribution in [0.5, 0.6) is 0 Å². The number of hydrogen-bond acceptors (Lipinski definition) is 3. The van der Waals surface area contributed by atoms with Gasteiger partial charge in [-0.05, 0) is 12.5 Å². The minimum absolute atomic E-state index is 0.210. The normalized spacial score (nSPS) is 35.7. The zero-order chi connectivity index (χ0) is 10.8. The van der Waals surface area contributed by atoms with Crippen molar-refractivity contribution in [2.24, 2.45) is 0 Å². The van der Waals surface area contributed by atoms with Crippen LogP contribution in [0.3, 0.4) is 0 Å². The summed E-state index contributed by atoms with van der Waals surface area (Å²) in [5.74, 6) is -0.261. The van der Waals surface area contributed by atoms with E-state index in [1.54, 1.807) is 0 Å². The summed E-state index contributed by atoms with van der Waals surface area (Å²) in [5.41, 5.74) is 0.938. The van der Waals surface area contributed by atoms with E-state index in [0.717, 1.165) is 5.56 Å². The molecule has 2 unspecified atom stereocenters. The monoisotopic (exact) mass is 206 g/mol. The quantitative estimate of drug-likeness (QED) is 0.745. The van der Waals surface area contributed by atoms with Gasteiger partial charge in [0.05, 0.1) is 18.8 Å². The average Bonchev–Trinajstić information content (AvgIpc) is 2.55. The highest BCUT2D eigenvalue weighted by atomic mass is 16.5. The SMILES string of the molecule is [CH]C1O[C@H](CO)[C@H](O)C1c1ccccc1. The van der Waals surface area contributed by atoms with Crippen LogP contribution in [0.4, 0.5) is 0 Å². The largest absolute Gasteiger partial charge is 0.394 e. The van der Waals surface area contributed by atoms with Crippen molar-refractivity contribution < 1.29 is 14.9 Å². The number of aliphatic hydroxyl groups excluding tert-OH is 2. The lowest BCUT2D eigenvalue weighted by atomic mass is 9.89. The van der Waals surface area contributed by atoms with Crippen molar-refractivity contribution in [2.45, 2.75) is 24.2 Å². The predicted molar refractivity (Wildman–Crippen MR) is 55.2 cm³/mol. The Labute approximate surface area is 89.3 Å². The van der Waals surface area contributed by atoms with Gasteiger partial charge in [-0.2, -0.15) is 0 Å². The van der Waals surface area contributed by atoms with Crippen molar-refractivity contribution in [2.75, 3.05) is 6.61 Å². The summed E-state index contributed by atoms with van der Waals surface area (Å²) in [6, 6.07) is 9.48. The van der Waals surface area contributed by atoms with Gasteiger partial charge in [0.15, 0.2) is 0 Å². The second-order valence-corrected chi connectivity index (χ2v) is 3.75. The number of rotatable bonds is 2. The molecule has 1 aliphatic heterocycles. The van der Waals surface area contributed by atoms with Gasteiger partial charge in [0.25, 0.3) is 0 Å². The summed E-state index contributed by atoms with van der Waals surface area (Å²) in [4.78, 5) is 0. The fourth-order valence-corrected chi connectivity index (χ4v) is 2.01. The molecule has 1 saturated heterocycles. The first-order chi connectivity index (χ1) is 7.24. The maximum Gasteiger partial charge on any atom is 0.107 e. The molecule has 0 bridgehead atoms. The van der Waals surface area contributed by atoms with Crippen LogP contribution >= 0.6 is 0 Å². The molecule has 2 N–H and O–H groups in total. The van der Waals surface area contributed by atoms with Gasteiger partial charge in [0.2, 0.25) is 0 Å². The summed E-state index contributed by atoms with van der Waals surface area (Å²) in [6.07, 6.45) is -1.88. The van der Waals surface area contributed by atoms with Gasteiger partial charge < -0.3 is 14.9 Å². The zero-order valence-corrected chi connectivity index (χ0v) is 8.28. The van der Waals surface area contributed by atoms with E-state index in [4.69, 9.17) is 16.8 Å². The summed E-state index contributed by atoms with van der Waals surface area (Å²) in [7, 11) is 0. The van der Waals surface area contributed by atoms with Crippen LogP contribution in [0.15, 0.2) is 30.3 Å². The van der Waals surface area contributed by atoms with E-state index in [0.29, 0.717) is 0 Å². The first-order valence-electron chi connectivity index (χ1n) is 4.99. The second kappa shape index (κ2) is 4.31. The van der Waals surface area contributed by atoms with Crippen molar-refractivity contribution in [3.63, 3.8) is 0 Å². The van der Waals surface area contributed by atoms with E-state index in [-0.39, 0.29) is 12.5 Å². The molecule has 0 amide bonds. The molecule has 1 heterocycles. The lowest BCUT2D eigenvalue weighted by molar-refractivity contribution is -0.0113. The molecular weight excluding hydrogens is 192 g/mol. The predicted octanol–water partition coefficient (Wildman–Crippen LogP) is 0.602. The fourth-order valence-electron chi connectivity index (χ4n) is 2.01. The standard InChI is InChI=1S/C12H14O3/c1-8-11(9-5-3-2-4-6-9)12(14)10(7-13)15-8/h1-6,8,10-14H,7H2/t8?,10-,11?,12+/m1/s1. The molecule has 1 aromatic carbocycles. The van der Waals surface area contributed by atoms with E-state index >= 15 is 0 Å². The highest BCUT2D eigenvalue weighted by Gasteiger charge is 2.41. The molecule has 80 valence electrons. The third-order valence-electron chi connectivity index (χ3n) is 2.80. The molecule has 1 aliphatic rings. The first kappa shape index (κ1) is 10.6. The summed E-state index contributed by atoms with van der Waals surface area (Å²) >= 11 is 0. The number of hydrogen-bond donors (Lipinski definition) is 2. The topological polar surface area (TPSA) is 49.7 Å². The molecule has 0 aromatic heterocycles. The van der Waals surface area contributed by atoms with Crippen LogP contribution in [0.25, 0.3) is 0 Å². The van der Waals surface area contributed by atoms with Gasteiger partial charge in [-0.3, -0.25) is 0 Å². The highest BCUT2D eigenvalue weighted by molar-refractivity contribution is 5.24. The molecule has 1 fully saturated rings. The molecule has 0 saturated carbocycles. The lowest BCUT2D eigenvalue weighted by Crippen LogP contribution is -2.28. The smallest absolute Gasteiger partial charge is 0.107 e. The van der Waals surface area contributed by atoms with Crippen LogP contribution in [0.2, 0.25) is 0 Å². The van der Waals surface area contributed by atoms with Crippen LogP contribution in [-0.4, -0.2) is 35.1 Å². The molecular formula is C12H14O3. The highest BCUT2D eigenvalue weighted by Crippen LogP contribution is 2.34. The maximum absolute atomic E-state index is 9.91. The van der Waals surface area contributed by atoms with Crippen molar-refractivity contribution in [3.05, 3.63) is 42.8 Å². The van der Waals surface area contributed by atoms with Crippen LogP contribution < -0.4 is 0 Å². The van der Waals surface area contributed by atoms with E-state index in [1.165, 1.54) is 0 Å². The van der Waals surface area contributed by atoms with Crippen LogP contribution in [0.1, 0.15) is 11.5 Å². The van der Waals surface area contributed by atoms with Crippen molar-refractivity contribution >= 4 is 0 Å². The Morgan fingerprint density at radius 3 is 2.47 bits per heavy atom. The molecule has 0 aliphatic carbocycles. The molecule has 0 spiro atoms. The van der Waals surface area contributed by atoms with Crippen LogP contribution in [0, 0.1) is 6.92 Å². The molecule has 2 rings (SSSR count). The molecule has 2 radical (unpaired) electrons. The number of aliphatic hydroxyl groups is 2. The average molecular weight is 206 g/mol. The van der Waals surface area contributed by atoms with E-state index in [2.05, 4.69) is 0 Å². The summed E-state index contributed by atoms with van der Waals surface area (Å²) in [6.45, 7) is 5.56. The van der Waals surface area contributed by atoms with Gasteiger partial charge in [0, 0.05) is 5.92 Å². The Morgan fingerprint density at radius 1 is 1.27 bits per heavy atom. The summed E-state index contributed by atoms with van der Waals surface area (Å²) < 4.78 is 5.27. The molecule has 3 heteroatoms. The maximum atomic E-state index is 9.91. The Morgan fingerprint density at radius 2 is 1.93 bits per heavy atom. The van der Waals surface area contributed by atoms with Gasteiger partial charge in [-0.15, -0.1) is 0 Å². The second-order valence-electron chi connectivity index (χ2n) is 3.75. The third kappa shape index (κ3) is 1.91. The molecule has 4 atom stereocenters. The van der Waals surface area contributed by atoms with Gasteiger partial charge in [-0.1, -0.05) is 30.3 Å². The van der Waals surface area contributed by atoms with Crippen molar-refractivity contribution in [1.29, 1.82) is 0 Å². The third-order valence-corrected chi connectivity index (χ3v) is 2.80.